The molecule has 1 heterocycles. The van der Waals surface area contributed by atoms with E-state index >= 15 is 0 Å². The number of nitrogens with one attached hydrogen (secondary N) is 1. The number of benzene rings is 3. The summed E-state index contributed by atoms with van der Waals surface area (Å²) in [5, 5.41) is 29.6. The Bertz CT molecular complexity index is 1370. The zero-order valence-electron chi connectivity index (χ0n) is 18.3. The van der Waals surface area contributed by atoms with Crippen molar-refractivity contribution in [2.24, 2.45) is 0 Å². The van der Waals surface area contributed by atoms with Crippen LogP contribution in [-0.4, -0.2) is 37.6 Å². The number of methoxy groups -OCH3 is 1. The lowest BCUT2D eigenvalue weighted by Crippen LogP contribution is -2.25. The van der Waals surface area contributed by atoms with Crippen LogP contribution in [0.1, 0.15) is 27.2 Å². The molecule has 0 atom stereocenters. The van der Waals surface area contributed by atoms with Gasteiger partial charge < -0.3 is 14.9 Å². The average molecular weight is 461 g/mol. The Morgan fingerprint density at radius 3 is 2.24 bits per heavy atom. The SMILES string of the molecule is COc1ccccc1-n1c(O)c(Cc2ccc(O)cc2)n(Cc2ccc(C(=O)NO)cc2)c1=O. The Labute approximate surface area is 194 Å². The molecule has 4 N–H and O–H groups in total. The van der Waals surface area contributed by atoms with Gasteiger partial charge in [0.2, 0.25) is 5.88 Å². The van der Waals surface area contributed by atoms with Crippen LogP contribution in [0.5, 0.6) is 17.4 Å². The Balaban J connectivity index is 1.82. The number of imidazole rings is 1. The summed E-state index contributed by atoms with van der Waals surface area (Å²) < 4.78 is 8.04. The number of ether oxygens (including phenoxy) is 1. The van der Waals surface area contributed by atoms with E-state index in [1.165, 1.54) is 40.5 Å². The molecule has 9 heteroatoms. The molecule has 1 aromatic heterocycles. The van der Waals surface area contributed by atoms with Gasteiger partial charge in [0, 0.05) is 12.0 Å². The second-order valence-electron chi connectivity index (χ2n) is 7.63. The van der Waals surface area contributed by atoms with Crippen molar-refractivity contribution in [3.05, 3.63) is 106 Å². The number of nitrogens with zero attached hydrogens (tertiary/aromatic N) is 2. The largest absolute Gasteiger partial charge is 0.508 e. The van der Waals surface area contributed by atoms with E-state index in [1.807, 2.05) is 0 Å². The predicted octanol–water partition coefficient (Wildman–Crippen LogP) is 2.82. The van der Waals surface area contributed by atoms with E-state index in [0.29, 0.717) is 22.7 Å². The van der Waals surface area contributed by atoms with Gasteiger partial charge in [-0.25, -0.2) is 14.8 Å². The number of carbonyl (C=O) groups excluding carboxylic acids is 1. The lowest BCUT2D eigenvalue weighted by molar-refractivity contribution is 0.0706. The number of aromatic hydroxyl groups is 2. The highest BCUT2D eigenvalue weighted by Gasteiger charge is 2.23. The van der Waals surface area contributed by atoms with Crippen LogP contribution in [0.4, 0.5) is 0 Å². The monoisotopic (exact) mass is 461 g/mol. The van der Waals surface area contributed by atoms with Crippen molar-refractivity contribution in [1.82, 2.24) is 14.6 Å². The Kier molecular flexibility index (Phi) is 6.37. The molecule has 0 saturated heterocycles. The number of phenolic OH excluding ortho intramolecular Hbond substituents is 1. The molecule has 4 aromatic rings. The van der Waals surface area contributed by atoms with Crippen molar-refractivity contribution >= 4 is 5.91 Å². The fourth-order valence-corrected chi connectivity index (χ4v) is 3.76. The van der Waals surface area contributed by atoms with Gasteiger partial charge in [0.25, 0.3) is 5.91 Å². The van der Waals surface area contributed by atoms with Crippen LogP contribution in [0, 0.1) is 0 Å². The molecule has 9 nitrogen and oxygen atoms in total. The molecular weight excluding hydrogens is 438 g/mol. The molecule has 0 radical (unpaired) electrons. The van der Waals surface area contributed by atoms with E-state index in [0.717, 1.165) is 5.56 Å². The van der Waals surface area contributed by atoms with Crippen molar-refractivity contribution < 1.29 is 25.0 Å². The second-order valence-corrected chi connectivity index (χ2v) is 7.63. The standard InChI is InChI=1S/C25H23N3O6/c1-34-22-5-3-2-4-20(22)28-24(31)21(14-16-8-12-19(29)13-9-16)27(25(28)32)15-17-6-10-18(11-7-17)23(30)26-33/h2-13,29,31,33H,14-15H2,1H3,(H,26,30). The molecule has 1 amide bonds. The molecular formula is C25H23N3O6. The van der Waals surface area contributed by atoms with E-state index in [-0.39, 0.29) is 30.2 Å². The summed E-state index contributed by atoms with van der Waals surface area (Å²) >= 11 is 0. The number of hydroxylamine groups is 1. The lowest BCUT2D eigenvalue weighted by atomic mass is 10.1. The second kappa shape index (κ2) is 9.55. The van der Waals surface area contributed by atoms with Gasteiger partial charge in [-0.3, -0.25) is 14.6 Å². The van der Waals surface area contributed by atoms with Crippen LogP contribution < -0.4 is 15.9 Å². The van der Waals surface area contributed by atoms with Gasteiger partial charge in [-0.15, -0.1) is 0 Å². The first-order valence-electron chi connectivity index (χ1n) is 10.4. The first-order valence-corrected chi connectivity index (χ1v) is 10.4. The van der Waals surface area contributed by atoms with Gasteiger partial charge in [0.15, 0.2) is 0 Å². The first kappa shape index (κ1) is 22.7. The fraction of sp³-hybridized carbons (Fsp3) is 0.120. The highest BCUT2D eigenvalue weighted by atomic mass is 16.5. The minimum absolute atomic E-state index is 0.115. The third-order valence-electron chi connectivity index (χ3n) is 5.51. The maximum Gasteiger partial charge on any atom is 0.336 e. The van der Waals surface area contributed by atoms with Crippen molar-refractivity contribution in [2.75, 3.05) is 7.11 Å². The molecule has 4 rings (SSSR count). The van der Waals surface area contributed by atoms with Crippen LogP contribution in [0.3, 0.4) is 0 Å². The van der Waals surface area contributed by atoms with Gasteiger partial charge in [-0.1, -0.05) is 36.4 Å². The molecule has 0 fully saturated rings. The molecule has 0 aliphatic rings. The van der Waals surface area contributed by atoms with E-state index in [2.05, 4.69) is 0 Å². The van der Waals surface area contributed by atoms with Gasteiger partial charge >= 0.3 is 5.69 Å². The summed E-state index contributed by atoms with van der Waals surface area (Å²) in [7, 11) is 1.49. The summed E-state index contributed by atoms with van der Waals surface area (Å²) in [6.45, 7) is 0.128. The molecule has 0 aliphatic carbocycles. The summed E-state index contributed by atoms with van der Waals surface area (Å²) in [6, 6.07) is 19.8. The zero-order valence-corrected chi connectivity index (χ0v) is 18.3. The topological polar surface area (TPSA) is 126 Å². The molecule has 0 saturated carbocycles. The summed E-state index contributed by atoms with van der Waals surface area (Å²) in [5.41, 5.74) is 3.64. The molecule has 34 heavy (non-hydrogen) atoms. The highest BCUT2D eigenvalue weighted by Crippen LogP contribution is 2.29. The lowest BCUT2D eigenvalue weighted by Gasteiger charge is -2.09. The maximum absolute atomic E-state index is 13.5. The Morgan fingerprint density at radius 2 is 1.59 bits per heavy atom. The fourth-order valence-electron chi connectivity index (χ4n) is 3.76. The minimum Gasteiger partial charge on any atom is -0.508 e. The van der Waals surface area contributed by atoms with Crippen molar-refractivity contribution in [2.45, 2.75) is 13.0 Å². The number of carbonyl (C=O) groups is 1. The van der Waals surface area contributed by atoms with Gasteiger partial charge in [0.1, 0.15) is 11.5 Å². The van der Waals surface area contributed by atoms with Gasteiger partial charge in [0.05, 0.1) is 25.0 Å². The molecule has 0 bridgehead atoms. The Morgan fingerprint density at radius 1 is 0.941 bits per heavy atom. The van der Waals surface area contributed by atoms with Crippen molar-refractivity contribution in [3.8, 4) is 23.1 Å². The van der Waals surface area contributed by atoms with Crippen LogP contribution in [0.25, 0.3) is 5.69 Å². The number of phenols is 1. The highest BCUT2D eigenvalue weighted by molar-refractivity contribution is 5.93. The number of amides is 1. The number of rotatable bonds is 7. The number of hydrogen-bond acceptors (Lipinski definition) is 6. The minimum atomic E-state index is -0.642. The van der Waals surface area contributed by atoms with Crippen LogP contribution >= 0.6 is 0 Å². The number of aromatic nitrogens is 2. The van der Waals surface area contributed by atoms with Crippen LogP contribution in [0.2, 0.25) is 0 Å². The van der Waals surface area contributed by atoms with Crippen molar-refractivity contribution in [3.63, 3.8) is 0 Å². The third-order valence-corrected chi connectivity index (χ3v) is 5.51. The quantitative estimate of drug-likeness (QED) is 0.248. The van der Waals surface area contributed by atoms with Crippen LogP contribution in [-0.2, 0) is 13.0 Å². The maximum atomic E-state index is 13.5. The first-order chi connectivity index (χ1) is 16.4. The van der Waals surface area contributed by atoms with Crippen molar-refractivity contribution in [1.29, 1.82) is 0 Å². The van der Waals surface area contributed by atoms with E-state index in [9.17, 15) is 19.8 Å². The smallest absolute Gasteiger partial charge is 0.336 e. The molecule has 174 valence electrons. The van der Waals surface area contributed by atoms with Gasteiger partial charge in [-0.05, 0) is 47.5 Å². The molecule has 0 aliphatic heterocycles. The summed E-state index contributed by atoms with van der Waals surface area (Å²) in [5.74, 6) is -0.327. The molecule has 0 unspecified atom stereocenters. The molecule has 0 spiro atoms. The average Bonchev–Trinajstić information content (AvgIpc) is 3.09. The zero-order chi connectivity index (χ0) is 24.2. The third kappa shape index (κ3) is 4.37. The van der Waals surface area contributed by atoms with Gasteiger partial charge in [-0.2, -0.15) is 0 Å². The number of hydrogen-bond donors (Lipinski definition) is 4. The van der Waals surface area contributed by atoms with Crippen LogP contribution in [0.15, 0.2) is 77.6 Å². The predicted molar refractivity (Wildman–Crippen MR) is 124 cm³/mol. The van der Waals surface area contributed by atoms with E-state index in [4.69, 9.17) is 9.94 Å². The van der Waals surface area contributed by atoms with E-state index < -0.39 is 11.6 Å². The number of para-hydroxylation sites is 2. The summed E-state index contributed by atoms with van der Waals surface area (Å²) in [6.07, 6.45) is 0.231. The molecule has 3 aromatic carbocycles. The Hall–Kier alpha value is -4.50. The summed E-state index contributed by atoms with van der Waals surface area (Å²) in [4.78, 5) is 25.1. The van der Waals surface area contributed by atoms with E-state index in [1.54, 1.807) is 54.0 Å². The normalized spacial score (nSPS) is 10.8.